The summed E-state index contributed by atoms with van der Waals surface area (Å²) in [5.41, 5.74) is 17.0. The molecule has 1 heterocycles. The number of methoxy groups -OCH3 is 1. The van der Waals surface area contributed by atoms with Crippen LogP contribution in [-0.4, -0.2) is 28.9 Å². The molecule has 3 aromatic rings. The molecule has 6 N–H and O–H groups in total. The number of carbonyl (C=O) groups excluding carboxylic acids is 2. The van der Waals surface area contributed by atoms with Crippen molar-refractivity contribution in [1.29, 1.82) is 0 Å². The van der Waals surface area contributed by atoms with E-state index in [2.05, 4.69) is 31.7 Å². The average Bonchev–Trinajstić information content (AvgIpc) is 2.77. The molecular weight excluding hydrogens is 410 g/mol. The first-order valence-electron chi connectivity index (χ1n) is 8.61. The monoisotopic (exact) mass is 427 g/mol. The molecule has 154 valence electrons. The minimum atomic E-state index is -0.450. The number of nitrogens with one attached hydrogen (secondary N) is 4. The number of nitrogens with zero attached hydrogens (tertiary/aromatic N) is 2. The summed E-state index contributed by atoms with van der Waals surface area (Å²) >= 11 is 5.88. The normalized spacial score (nSPS) is 10.1. The molecule has 10 nitrogen and oxygen atoms in total. The van der Waals surface area contributed by atoms with E-state index in [9.17, 15) is 9.59 Å². The lowest BCUT2D eigenvalue weighted by Crippen LogP contribution is -2.32. The van der Waals surface area contributed by atoms with E-state index >= 15 is 0 Å². The summed E-state index contributed by atoms with van der Waals surface area (Å²) in [5.74, 6) is -0.204. The van der Waals surface area contributed by atoms with E-state index in [1.54, 1.807) is 42.5 Å². The number of amides is 2. The van der Waals surface area contributed by atoms with Crippen LogP contribution in [0.1, 0.15) is 20.7 Å². The van der Waals surface area contributed by atoms with Gasteiger partial charge in [0, 0.05) is 10.6 Å². The van der Waals surface area contributed by atoms with Crippen molar-refractivity contribution in [3.05, 3.63) is 71.0 Å². The standard InChI is InChI=1S/C19H18ClN7O3/c1-30-14-8-3-2-7-13(14)19(29)27-25-17-15(21)16(22-10-23-17)24-26-18(28)11-5-4-6-12(20)9-11/h2-10H,21H2,1H3,(H,26,28)(H,27,29)(H2,22,23,24,25). The van der Waals surface area contributed by atoms with Crippen LogP contribution in [-0.2, 0) is 0 Å². The third-order valence-corrected chi connectivity index (χ3v) is 4.15. The van der Waals surface area contributed by atoms with E-state index in [0.29, 0.717) is 21.9 Å². The Morgan fingerprint density at radius 2 is 1.63 bits per heavy atom. The van der Waals surface area contributed by atoms with Gasteiger partial charge in [0.05, 0.1) is 12.7 Å². The van der Waals surface area contributed by atoms with Crippen molar-refractivity contribution in [2.45, 2.75) is 0 Å². The topological polar surface area (TPSA) is 143 Å². The largest absolute Gasteiger partial charge is 0.496 e. The van der Waals surface area contributed by atoms with Gasteiger partial charge < -0.3 is 10.5 Å². The van der Waals surface area contributed by atoms with Gasteiger partial charge in [0.2, 0.25) is 0 Å². The molecule has 0 radical (unpaired) electrons. The molecule has 0 bridgehead atoms. The Labute approximate surface area is 176 Å². The zero-order valence-corrected chi connectivity index (χ0v) is 16.5. The zero-order chi connectivity index (χ0) is 21.5. The summed E-state index contributed by atoms with van der Waals surface area (Å²) in [6.45, 7) is 0. The first-order valence-corrected chi connectivity index (χ1v) is 8.99. The Morgan fingerprint density at radius 1 is 0.967 bits per heavy atom. The molecule has 11 heteroatoms. The summed E-state index contributed by atoms with van der Waals surface area (Å²) in [4.78, 5) is 32.5. The molecule has 0 aliphatic rings. The van der Waals surface area contributed by atoms with E-state index < -0.39 is 11.8 Å². The molecule has 0 saturated heterocycles. The Kier molecular flexibility index (Phi) is 6.50. The minimum Gasteiger partial charge on any atom is -0.496 e. The molecule has 0 spiro atoms. The molecule has 0 unspecified atom stereocenters. The highest BCUT2D eigenvalue weighted by Gasteiger charge is 2.14. The third kappa shape index (κ3) is 4.86. The molecule has 0 fully saturated rings. The van der Waals surface area contributed by atoms with E-state index in [1.807, 2.05) is 0 Å². The van der Waals surface area contributed by atoms with Crippen LogP contribution < -0.4 is 32.2 Å². The quantitative estimate of drug-likeness (QED) is 0.361. The number of hydrogen-bond donors (Lipinski definition) is 5. The summed E-state index contributed by atoms with van der Waals surface area (Å²) in [5, 5.41) is 0.432. The van der Waals surface area contributed by atoms with Crippen molar-refractivity contribution in [3.8, 4) is 5.75 Å². The van der Waals surface area contributed by atoms with Gasteiger partial charge in [-0.25, -0.2) is 9.97 Å². The predicted octanol–water partition coefficient (Wildman–Crippen LogP) is 2.23. The van der Waals surface area contributed by atoms with Gasteiger partial charge in [-0.3, -0.25) is 31.3 Å². The van der Waals surface area contributed by atoms with Gasteiger partial charge in [-0.2, -0.15) is 0 Å². The number of para-hydroxylation sites is 1. The van der Waals surface area contributed by atoms with Crippen molar-refractivity contribution in [1.82, 2.24) is 20.8 Å². The van der Waals surface area contributed by atoms with Gasteiger partial charge in [0.15, 0.2) is 11.6 Å². The van der Waals surface area contributed by atoms with Gasteiger partial charge in [-0.15, -0.1) is 0 Å². The lowest BCUT2D eigenvalue weighted by atomic mass is 10.2. The molecule has 2 aromatic carbocycles. The average molecular weight is 428 g/mol. The molecule has 0 atom stereocenters. The van der Waals surface area contributed by atoms with Crippen LogP contribution >= 0.6 is 11.6 Å². The number of halogens is 1. The third-order valence-electron chi connectivity index (χ3n) is 3.91. The fraction of sp³-hybridized carbons (Fsp3) is 0.0526. The SMILES string of the molecule is COc1ccccc1C(=O)NNc1ncnc(NNC(=O)c2cccc(Cl)c2)c1N. The van der Waals surface area contributed by atoms with Crippen LogP contribution in [0.25, 0.3) is 0 Å². The molecule has 30 heavy (non-hydrogen) atoms. The smallest absolute Gasteiger partial charge is 0.273 e. The Morgan fingerprint density at radius 3 is 2.30 bits per heavy atom. The zero-order valence-electron chi connectivity index (χ0n) is 15.8. The second-order valence-corrected chi connectivity index (χ2v) is 6.29. The fourth-order valence-corrected chi connectivity index (χ4v) is 2.62. The van der Waals surface area contributed by atoms with Crippen LogP contribution in [0.3, 0.4) is 0 Å². The van der Waals surface area contributed by atoms with Crippen LogP contribution in [0.15, 0.2) is 54.9 Å². The van der Waals surface area contributed by atoms with Gasteiger partial charge in [-0.1, -0.05) is 29.8 Å². The lowest BCUT2D eigenvalue weighted by Gasteiger charge is -2.14. The number of hydrogen-bond acceptors (Lipinski definition) is 8. The Bertz CT molecular complexity index is 1080. The van der Waals surface area contributed by atoms with Gasteiger partial charge >= 0.3 is 0 Å². The number of hydrazine groups is 2. The van der Waals surface area contributed by atoms with Crippen LogP contribution in [0, 0.1) is 0 Å². The van der Waals surface area contributed by atoms with E-state index in [0.717, 1.165) is 0 Å². The van der Waals surface area contributed by atoms with E-state index in [4.69, 9.17) is 22.1 Å². The highest BCUT2D eigenvalue weighted by molar-refractivity contribution is 6.31. The second-order valence-electron chi connectivity index (χ2n) is 5.85. The van der Waals surface area contributed by atoms with Crippen molar-refractivity contribution in [2.75, 3.05) is 23.7 Å². The Balaban J connectivity index is 1.64. The summed E-state index contributed by atoms with van der Waals surface area (Å²) in [6, 6.07) is 13.2. The van der Waals surface area contributed by atoms with Crippen molar-refractivity contribution < 1.29 is 14.3 Å². The first kappa shape index (κ1) is 20.7. The van der Waals surface area contributed by atoms with Gasteiger partial charge in [0.25, 0.3) is 11.8 Å². The second kappa shape index (κ2) is 9.43. The summed E-state index contributed by atoms with van der Waals surface area (Å²) < 4.78 is 5.16. The highest BCUT2D eigenvalue weighted by Crippen LogP contribution is 2.22. The number of benzene rings is 2. The van der Waals surface area contributed by atoms with Crippen molar-refractivity contribution in [3.63, 3.8) is 0 Å². The molecule has 2 amide bonds. The molecule has 0 saturated carbocycles. The number of carbonyl (C=O) groups is 2. The fourth-order valence-electron chi connectivity index (χ4n) is 2.43. The molecular formula is C19H18ClN7O3. The van der Waals surface area contributed by atoms with Gasteiger partial charge in [-0.05, 0) is 30.3 Å². The van der Waals surface area contributed by atoms with Crippen LogP contribution in [0.2, 0.25) is 5.02 Å². The molecule has 1 aromatic heterocycles. The van der Waals surface area contributed by atoms with Gasteiger partial charge in [0.1, 0.15) is 17.8 Å². The number of ether oxygens (including phenoxy) is 1. The van der Waals surface area contributed by atoms with Crippen LogP contribution in [0.4, 0.5) is 17.3 Å². The van der Waals surface area contributed by atoms with Crippen molar-refractivity contribution >= 4 is 40.7 Å². The molecule has 0 aliphatic carbocycles. The number of rotatable bonds is 7. The maximum absolute atomic E-state index is 12.4. The van der Waals surface area contributed by atoms with E-state index in [1.165, 1.54) is 19.5 Å². The lowest BCUT2D eigenvalue weighted by molar-refractivity contribution is 0.0953. The van der Waals surface area contributed by atoms with E-state index in [-0.39, 0.29) is 17.3 Å². The summed E-state index contributed by atoms with van der Waals surface area (Å²) in [7, 11) is 1.47. The minimum absolute atomic E-state index is 0.0734. The maximum Gasteiger partial charge on any atom is 0.273 e. The molecule has 0 aliphatic heterocycles. The predicted molar refractivity (Wildman–Crippen MR) is 113 cm³/mol. The number of nitrogens with two attached hydrogens (primary N) is 1. The molecule has 3 rings (SSSR count). The van der Waals surface area contributed by atoms with Crippen LogP contribution in [0.5, 0.6) is 5.75 Å². The summed E-state index contributed by atoms with van der Waals surface area (Å²) in [6.07, 6.45) is 1.21. The van der Waals surface area contributed by atoms with Crippen molar-refractivity contribution in [2.24, 2.45) is 0 Å². The first-order chi connectivity index (χ1) is 14.5. The maximum atomic E-state index is 12.4. The number of anilines is 3. The Hall–Kier alpha value is -4.05. The number of nitrogen functional groups attached to an aromatic ring is 1. The highest BCUT2D eigenvalue weighted by atomic mass is 35.5. The number of aromatic nitrogens is 2.